The first kappa shape index (κ1) is 13.7. The Morgan fingerprint density at radius 1 is 1.53 bits per heavy atom. The van der Waals surface area contributed by atoms with E-state index in [1.165, 1.54) is 6.07 Å². The molecule has 0 aliphatic heterocycles. The number of rotatable bonds is 3. The molecule has 1 N–H and O–H groups in total. The van der Waals surface area contributed by atoms with Gasteiger partial charge in [0.2, 0.25) is 0 Å². The molecule has 1 aliphatic carbocycles. The Bertz CT molecular complexity index is 527. The van der Waals surface area contributed by atoms with Crippen molar-refractivity contribution in [3.05, 3.63) is 33.1 Å². The van der Waals surface area contributed by atoms with Crippen LogP contribution in [0, 0.1) is 10.1 Å². The Kier molecular flexibility index (Phi) is 3.71. The van der Waals surface area contributed by atoms with E-state index in [2.05, 4.69) is 10.3 Å². The van der Waals surface area contributed by atoms with Crippen molar-refractivity contribution in [3.63, 3.8) is 0 Å². The van der Waals surface area contributed by atoms with Crippen molar-refractivity contribution < 1.29 is 9.72 Å². The second-order valence-corrected chi connectivity index (χ2v) is 5.39. The highest BCUT2D eigenvalue weighted by molar-refractivity contribution is 6.29. The SMILES string of the molecule is CC1(NC(=O)c2cc(Cl)ncc2[N+](=O)[O-])CCCC1. The monoisotopic (exact) mass is 283 g/mol. The van der Waals surface area contributed by atoms with E-state index in [0.29, 0.717) is 0 Å². The summed E-state index contributed by atoms with van der Waals surface area (Å²) in [7, 11) is 0. The van der Waals surface area contributed by atoms with Crippen LogP contribution in [0.25, 0.3) is 0 Å². The first-order valence-electron chi connectivity index (χ1n) is 6.04. The van der Waals surface area contributed by atoms with E-state index in [1.54, 1.807) is 0 Å². The largest absolute Gasteiger partial charge is 0.347 e. The number of nitro groups is 1. The molecule has 1 aromatic rings. The first-order chi connectivity index (χ1) is 8.91. The molecule has 2 rings (SSSR count). The summed E-state index contributed by atoms with van der Waals surface area (Å²) in [5.41, 5.74) is -0.664. The van der Waals surface area contributed by atoms with Gasteiger partial charge in [-0.05, 0) is 25.8 Å². The zero-order chi connectivity index (χ0) is 14.0. The van der Waals surface area contributed by atoms with Crippen LogP contribution in [0.4, 0.5) is 5.69 Å². The quantitative estimate of drug-likeness (QED) is 0.525. The smallest absolute Gasteiger partial charge is 0.300 e. The van der Waals surface area contributed by atoms with Crippen LogP contribution >= 0.6 is 11.6 Å². The number of aromatic nitrogens is 1. The van der Waals surface area contributed by atoms with Crippen LogP contribution in [0.15, 0.2) is 12.3 Å². The van der Waals surface area contributed by atoms with E-state index >= 15 is 0 Å². The number of carbonyl (C=O) groups is 1. The number of nitrogens with zero attached hydrogens (tertiary/aromatic N) is 2. The average molecular weight is 284 g/mol. The molecule has 0 unspecified atom stereocenters. The number of carbonyl (C=O) groups excluding carboxylic acids is 1. The van der Waals surface area contributed by atoms with Crippen molar-refractivity contribution >= 4 is 23.2 Å². The molecular formula is C12H14ClN3O3. The number of halogens is 1. The molecule has 1 heterocycles. The van der Waals surface area contributed by atoms with Gasteiger partial charge in [-0.1, -0.05) is 24.4 Å². The number of nitrogens with one attached hydrogen (secondary N) is 1. The molecule has 1 amide bonds. The van der Waals surface area contributed by atoms with Crippen LogP contribution in [0.3, 0.4) is 0 Å². The van der Waals surface area contributed by atoms with E-state index in [1.807, 2.05) is 6.92 Å². The summed E-state index contributed by atoms with van der Waals surface area (Å²) in [6, 6.07) is 1.23. The molecule has 0 bridgehead atoms. The highest BCUT2D eigenvalue weighted by Crippen LogP contribution is 2.30. The van der Waals surface area contributed by atoms with E-state index in [0.717, 1.165) is 31.9 Å². The number of hydrogen-bond acceptors (Lipinski definition) is 4. The zero-order valence-corrected chi connectivity index (χ0v) is 11.2. The first-order valence-corrected chi connectivity index (χ1v) is 6.41. The van der Waals surface area contributed by atoms with Gasteiger partial charge >= 0.3 is 0 Å². The summed E-state index contributed by atoms with van der Waals surface area (Å²) in [4.78, 5) is 26.1. The summed E-state index contributed by atoms with van der Waals surface area (Å²) in [5, 5.41) is 13.8. The lowest BCUT2D eigenvalue weighted by molar-refractivity contribution is -0.385. The third kappa shape index (κ3) is 3.01. The highest BCUT2D eigenvalue weighted by atomic mass is 35.5. The van der Waals surface area contributed by atoms with Crippen LogP contribution in [-0.4, -0.2) is 21.4 Å². The molecule has 1 aromatic heterocycles. The maximum absolute atomic E-state index is 12.2. The maximum atomic E-state index is 12.2. The standard InChI is InChI=1S/C12H14ClN3O3/c1-12(4-2-3-5-12)15-11(17)8-6-10(13)14-7-9(8)16(18)19/h6-7H,2-5H2,1H3,(H,15,17). The predicted molar refractivity (Wildman–Crippen MR) is 70.2 cm³/mol. The molecule has 1 fully saturated rings. The average Bonchev–Trinajstić information content (AvgIpc) is 2.75. The van der Waals surface area contributed by atoms with Gasteiger partial charge in [0.1, 0.15) is 16.9 Å². The molecule has 19 heavy (non-hydrogen) atoms. The maximum Gasteiger partial charge on any atom is 0.300 e. The Balaban J connectivity index is 2.27. The van der Waals surface area contributed by atoms with Crippen LogP contribution in [0.5, 0.6) is 0 Å². The predicted octanol–water partition coefficient (Wildman–Crippen LogP) is 2.71. The molecule has 0 atom stereocenters. The Morgan fingerprint density at radius 2 is 2.16 bits per heavy atom. The van der Waals surface area contributed by atoms with Gasteiger partial charge in [0, 0.05) is 5.54 Å². The summed E-state index contributed by atoms with van der Waals surface area (Å²) in [6.45, 7) is 1.95. The second-order valence-electron chi connectivity index (χ2n) is 5.00. The Morgan fingerprint density at radius 3 is 2.74 bits per heavy atom. The number of hydrogen-bond donors (Lipinski definition) is 1. The van der Waals surface area contributed by atoms with E-state index < -0.39 is 10.8 Å². The molecule has 0 radical (unpaired) electrons. The van der Waals surface area contributed by atoms with Gasteiger partial charge in [-0.3, -0.25) is 14.9 Å². The normalized spacial score (nSPS) is 17.2. The molecule has 6 nitrogen and oxygen atoms in total. The number of pyridine rings is 1. The van der Waals surface area contributed by atoms with Gasteiger partial charge in [0.05, 0.1) is 4.92 Å². The van der Waals surface area contributed by atoms with Gasteiger partial charge in [0.25, 0.3) is 11.6 Å². The van der Waals surface area contributed by atoms with Gasteiger partial charge < -0.3 is 5.32 Å². The second kappa shape index (κ2) is 5.13. The molecule has 0 aromatic carbocycles. The summed E-state index contributed by atoms with van der Waals surface area (Å²) in [5.74, 6) is -0.472. The van der Waals surface area contributed by atoms with Crippen molar-refractivity contribution in [2.45, 2.75) is 38.1 Å². The lowest BCUT2D eigenvalue weighted by Crippen LogP contribution is -2.43. The fourth-order valence-corrected chi connectivity index (χ4v) is 2.53. The van der Waals surface area contributed by atoms with Crippen LogP contribution < -0.4 is 5.32 Å². The van der Waals surface area contributed by atoms with Crippen molar-refractivity contribution in [1.29, 1.82) is 0 Å². The van der Waals surface area contributed by atoms with Crippen LogP contribution in [0.1, 0.15) is 43.0 Å². The number of amides is 1. The van der Waals surface area contributed by atoms with Crippen molar-refractivity contribution in [3.8, 4) is 0 Å². The molecule has 1 saturated carbocycles. The minimum absolute atomic E-state index is 0.0434. The minimum Gasteiger partial charge on any atom is -0.347 e. The molecule has 102 valence electrons. The molecule has 0 saturated heterocycles. The molecule has 1 aliphatic rings. The summed E-state index contributed by atoms with van der Waals surface area (Å²) in [6.07, 6.45) is 4.87. The molecular weight excluding hydrogens is 270 g/mol. The minimum atomic E-state index is -0.630. The molecule has 7 heteroatoms. The van der Waals surface area contributed by atoms with E-state index in [9.17, 15) is 14.9 Å². The highest BCUT2D eigenvalue weighted by Gasteiger charge is 2.32. The molecule has 0 spiro atoms. The van der Waals surface area contributed by atoms with Crippen LogP contribution in [-0.2, 0) is 0 Å². The summed E-state index contributed by atoms with van der Waals surface area (Å²) >= 11 is 5.70. The van der Waals surface area contributed by atoms with Gasteiger partial charge in [-0.25, -0.2) is 4.98 Å². The lowest BCUT2D eigenvalue weighted by Gasteiger charge is -2.25. The zero-order valence-electron chi connectivity index (χ0n) is 10.5. The van der Waals surface area contributed by atoms with Crippen molar-refractivity contribution in [1.82, 2.24) is 10.3 Å². The Labute approximate surface area is 115 Å². The van der Waals surface area contributed by atoms with E-state index in [4.69, 9.17) is 11.6 Å². The fourth-order valence-electron chi connectivity index (χ4n) is 2.37. The van der Waals surface area contributed by atoms with Gasteiger partial charge in [-0.2, -0.15) is 0 Å². The fraction of sp³-hybridized carbons (Fsp3) is 0.500. The van der Waals surface area contributed by atoms with E-state index in [-0.39, 0.29) is 21.9 Å². The lowest BCUT2D eigenvalue weighted by atomic mass is 10.00. The third-order valence-electron chi connectivity index (χ3n) is 3.41. The van der Waals surface area contributed by atoms with Crippen molar-refractivity contribution in [2.24, 2.45) is 0 Å². The van der Waals surface area contributed by atoms with Crippen LogP contribution in [0.2, 0.25) is 5.15 Å². The third-order valence-corrected chi connectivity index (χ3v) is 3.62. The van der Waals surface area contributed by atoms with Gasteiger partial charge in [-0.15, -0.1) is 0 Å². The summed E-state index contributed by atoms with van der Waals surface area (Å²) < 4.78 is 0. The van der Waals surface area contributed by atoms with Crippen molar-refractivity contribution in [2.75, 3.05) is 0 Å². The Hall–Kier alpha value is -1.69. The van der Waals surface area contributed by atoms with Gasteiger partial charge in [0.15, 0.2) is 0 Å². The topological polar surface area (TPSA) is 85.1 Å².